The highest BCUT2D eigenvalue weighted by Crippen LogP contribution is 2.30. The van der Waals surface area contributed by atoms with E-state index in [2.05, 4.69) is 26.3 Å². The molecule has 1 N–H and O–H groups in total. The molecule has 3 aromatic rings. The first kappa shape index (κ1) is 19.7. The molecular formula is C22H18ClN5O2. The monoisotopic (exact) mass is 419 g/mol. The molecule has 150 valence electrons. The van der Waals surface area contributed by atoms with Crippen LogP contribution in [-0.4, -0.2) is 29.6 Å². The first-order chi connectivity index (χ1) is 14.6. The average molecular weight is 420 g/mol. The molecule has 30 heavy (non-hydrogen) atoms. The molecule has 1 aliphatic rings. The second-order valence-electron chi connectivity index (χ2n) is 6.79. The number of anilines is 3. The number of nitriles is 1. The number of benzene rings is 2. The van der Waals surface area contributed by atoms with E-state index in [9.17, 15) is 4.79 Å². The minimum Gasteiger partial charge on any atom is -0.465 e. The van der Waals surface area contributed by atoms with Crippen molar-refractivity contribution in [3.8, 4) is 6.07 Å². The fourth-order valence-corrected chi connectivity index (χ4v) is 3.64. The molecule has 0 atom stereocenters. The second kappa shape index (κ2) is 8.39. The zero-order chi connectivity index (χ0) is 21.1. The standard InChI is InChI=1S/C22H18ClN5O2/c1-30-22(29)14-2-5-16(6-3-14)27-21-18-8-9-28(12-20(18)25-13-26-21)17-7-4-15(11-24)19(23)10-17/h2-7,10,13H,8-9,12H2,1H3,(H,25,26,27). The van der Waals surface area contributed by atoms with Crippen molar-refractivity contribution in [2.75, 3.05) is 23.9 Å². The van der Waals surface area contributed by atoms with Crippen LogP contribution in [0.15, 0.2) is 48.8 Å². The first-order valence-electron chi connectivity index (χ1n) is 9.32. The number of aromatic nitrogens is 2. The molecule has 4 rings (SSSR count). The first-order valence-corrected chi connectivity index (χ1v) is 9.69. The fourth-order valence-electron chi connectivity index (χ4n) is 3.42. The topological polar surface area (TPSA) is 91.1 Å². The summed E-state index contributed by atoms with van der Waals surface area (Å²) >= 11 is 6.19. The van der Waals surface area contributed by atoms with Gasteiger partial charge in [0.05, 0.1) is 35.5 Å². The van der Waals surface area contributed by atoms with E-state index in [0.717, 1.165) is 41.4 Å². The molecule has 0 unspecified atom stereocenters. The number of esters is 1. The lowest BCUT2D eigenvalue weighted by Gasteiger charge is -2.31. The van der Waals surface area contributed by atoms with E-state index in [-0.39, 0.29) is 5.97 Å². The van der Waals surface area contributed by atoms with Crippen molar-refractivity contribution in [1.29, 1.82) is 5.26 Å². The number of carbonyl (C=O) groups is 1. The third-order valence-electron chi connectivity index (χ3n) is 5.01. The van der Waals surface area contributed by atoms with Gasteiger partial charge in [-0.3, -0.25) is 0 Å². The Morgan fingerprint density at radius 2 is 2.03 bits per heavy atom. The number of hydrogen-bond donors (Lipinski definition) is 1. The highest BCUT2D eigenvalue weighted by atomic mass is 35.5. The van der Waals surface area contributed by atoms with Crippen LogP contribution in [0.2, 0.25) is 5.02 Å². The highest BCUT2D eigenvalue weighted by molar-refractivity contribution is 6.32. The Labute approximate surface area is 178 Å². The van der Waals surface area contributed by atoms with Gasteiger partial charge in [0, 0.05) is 23.5 Å². The van der Waals surface area contributed by atoms with Gasteiger partial charge in [0.2, 0.25) is 0 Å². The quantitative estimate of drug-likeness (QED) is 0.636. The maximum Gasteiger partial charge on any atom is 0.337 e. The summed E-state index contributed by atoms with van der Waals surface area (Å²) in [6.07, 6.45) is 2.30. The summed E-state index contributed by atoms with van der Waals surface area (Å²) < 4.78 is 4.73. The van der Waals surface area contributed by atoms with Crippen LogP contribution < -0.4 is 10.2 Å². The van der Waals surface area contributed by atoms with Crippen LogP contribution in [0.5, 0.6) is 0 Å². The van der Waals surface area contributed by atoms with Crippen LogP contribution in [0, 0.1) is 11.3 Å². The number of nitrogens with zero attached hydrogens (tertiary/aromatic N) is 4. The van der Waals surface area contributed by atoms with E-state index in [1.54, 1.807) is 24.5 Å². The molecule has 0 aliphatic carbocycles. The Bertz CT molecular complexity index is 1140. The minimum atomic E-state index is -0.371. The van der Waals surface area contributed by atoms with Crippen molar-refractivity contribution in [3.05, 3.63) is 76.2 Å². The zero-order valence-electron chi connectivity index (χ0n) is 16.2. The van der Waals surface area contributed by atoms with E-state index >= 15 is 0 Å². The number of methoxy groups -OCH3 is 1. The predicted molar refractivity (Wildman–Crippen MR) is 114 cm³/mol. The maximum absolute atomic E-state index is 11.6. The lowest BCUT2D eigenvalue weighted by molar-refractivity contribution is 0.0601. The van der Waals surface area contributed by atoms with Gasteiger partial charge in [-0.2, -0.15) is 5.26 Å². The summed E-state index contributed by atoms with van der Waals surface area (Å²) in [6.45, 7) is 1.40. The van der Waals surface area contributed by atoms with Crippen molar-refractivity contribution in [2.24, 2.45) is 0 Å². The summed E-state index contributed by atoms with van der Waals surface area (Å²) in [4.78, 5) is 22.6. The fraction of sp³-hybridized carbons (Fsp3) is 0.182. The van der Waals surface area contributed by atoms with E-state index < -0.39 is 0 Å². The summed E-state index contributed by atoms with van der Waals surface area (Å²) in [5, 5.41) is 12.8. The lowest BCUT2D eigenvalue weighted by Crippen LogP contribution is -2.31. The van der Waals surface area contributed by atoms with Gasteiger partial charge in [0.25, 0.3) is 0 Å². The van der Waals surface area contributed by atoms with Gasteiger partial charge >= 0.3 is 5.97 Å². The largest absolute Gasteiger partial charge is 0.465 e. The van der Waals surface area contributed by atoms with Crippen LogP contribution in [0.1, 0.15) is 27.2 Å². The molecule has 0 fully saturated rings. The maximum atomic E-state index is 11.6. The molecule has 0 spiro atoms. The minimum absolute atomic E-state index is 0.371. The Hall–Kier alpha value is -3.63. The van der Waals surface area contributed by atoms with E-state index in [4.69, 9.17) is 21.6 Å². The van der Waals surface area contributed by atoms with Crippen molar-refractivity contribution in [3.63, 3.8) is 0 Å². The van der Waals surface area contributed by atoms with Crippen molar-refractivity contribution in [1.82, 2.24) is 9.97 Å². The Morgan fingerprint density at radius 1 is 1.23 bits per heavy atom. The average Bonchev–Trinajstić information content (AvgIpc) is 2.79. The van der Waals surface area contributed by atoms with Crippen LogP contribution in [-0.2, 0) is 17.7 Å². The number of ether oxygens (including phenoxy) is 1. The Kier molecular flexibility index (Phi) is 5.50. The Morgan fingerprint density at radius 3 is 2.73 bits per heavy atom. The summed E-state index contributed by atoms with van der Waals surface area (Å²) in [7, 11) is 1.36. The molecule has 8 heteroatoms. The number of carbonyl (C=O) groups excluding carboxylic acids is 1. The van der Waals surface area contributed by atoms with Crippen LogP contribution in [0.25, 0.3) is 0 Å². The van der Waals surface area contributed by atoms with Crippen molar-refractivity contribution in [2.45, 2.75) is 13.0 Å². The summed E-state index contributed by atoms with van der Waals surface area (Å²) in [5.74, 6) is 0.382. The third-order valence-corrected chi connectivity index (χ3v) is 5.33. The second-order valence-corrected chi connectivity index (χ2v) is 7.20. The van der Waals surface area contributed by atoms with Gasteiger partial charge in [-0.15, -0.1) is 0 Å². The van der Waals surface area contributed by atoms with Crippen LogP contribution in [0.4, 0.5) is 17.2 Å². The van der Waals surface area contributed by atoms with Crippen LogP contribution >= 0.6 is 11.6 Å². The van der Waals surface area contributed by atoms with Gasteiger partial charge in [0.15, 0.2) is 0 Å². The van der Waals surface area contributed by atoms with Gasteiger partial charge in [-0.1, -0.05) is 11.6 Å². The number of rotatable bonds is 4. The Balaban J connectivity index is 1.54. The van der Waals surface area contributed by atoms with Gasteiger partial charge in [-0.25, -0.2) is 14.8 Å². The molecule has 0 radical (unpaired) electrons. The van der Waals surface area contributed by atoms with Crippen molar-refractivity contribution >= 4 is 34.8 Å². The zero-order valence-corrected chi connectivity index (χ0v) is 17.0. The van der Waals surface area contributed by atoms with E-state index in [1.165, 1.54) is 7.11 Å². The van der Waals surface area contributed by atoms with Crippen LogP contribution in [0.3, 0.4) is 0 Å². The number of halogens is 1. The summed E-state index contributed by atoms with van der Waals surface area (Å²) in [6, 6.07) is 14.6. The molecule has 1 aromatic heterocycles. The molecule has 0 bridgehead atoms. The molecule has 2 heterocycles. The molecule has 0 amide bonds. The van der Waals surface area contributed by atoms with Gasteiger partial charge in [0.1, 0.15) is 18.2 Å². The number of fused-ring (bicyclic) bond motifs is 1. The third kappa shape index (κ3) is 3.91. The molecule has 0 saturated heterocycles. The number of hydrogen-bond acceptors (Lipinski definition) is 7. The SMILES string of the molecule is COC(=O)c1ccc(Nc2ncnc3c2CCN(c2ccc(C#N)c(Cl)c2)C3)cc1. The molecule has 1 aliphatic heterocycles. The van der Waals surface area contributed by atoms with Gasteiger partial charge < -0.3 is 15.0 Å². The predicted octanol–water partition coefficient (Wildman–Crippen LogP) is 4.09. The van der Waals surface area contributed by atoms with Crippen molar-refractivity contribution < 1.29 is 9.53 Å². The molecule has 2 aromatic carbocycles. The smallest absolute Gasteiger partial charge is 0.337 e. The van der Waals surface area contributed by atoms with Gasteiger partial charge in [-0.05, 0) is 48.9 Å². The molecule has 0 saturated carbocycles. The highest BCUT2D eigenvalue weighted by Gasteiger charge is 2.22. The lowest BCUT2D eigenvalue weighted by atomic mass is 10.0. The molecule has 7 nitrogen and oxygen atoms in total. The van der Waals surface area contributed by atoms with E-state index in [0.29, 0.717) is 22.7 Å². The van der Waals surface area contributed by atoms with E-state index in [1.807, 2.05) is 24.3 Å². The summed E-state index contributed by atoms with van der Waals surface area (Å²) in [5.41, 5.74) is 4.73. The molecular weight excluding hydrogens is 402 g/mol. The normalized spacial score (nSPS) is 12.6. The number of nitrogens with one attached hydrogen (secondary N) is 1.